The van der Waals surface area contributed by atoms with Crippen molar-refractivity contribution in [2.45, 2.75) is 45.3 Å². The smallest absolute Gasteiger partial charge is 0.354 e. The first-order chi connectivity index (χ1) is 12.3. The van der Waals surface area contributed by atoms with Crippen LogP contribution in [0.2, 0.25) is 0 Å². The van der Waals surface area contributed by atoms with Gasteiger partial charge in [0.25, 0.3) is 0 Å². The minimum atomic E-state index is -4.49. The fraction of sp³-hybridized carbons (Fsp3) is 0.529. The van der Waals surface area contributed by atoms with Crippen LogP contribution in [0.3, 0.4) is 0 Å². The van der Waals surface area contributed by atoms with E-state index in [1.165, 1.54) is 6.92 Å². The molecule has 26 heavy (non-hydrogen) atoms. The molecule has 140 valence electrons. The van der Waals surface area contributed by atoms with Crippen LogP contribution in [0.15, 0.2) is 18.5 Å². The van der Waals surface area contributed by atoms with E-state index in [0.717, 1.165) is 43.4 Å². The average Bonchev–Trinajstić information content (AvgIpc) is 2.61. The minimum absolute atomic E-state index is 0.0149. The molecule has 1 aliphatic heterocycles. The molecule has 0 aliphatic carbocycles. The van der Waals surface area contributed by atoms with Gasteiger partial charge in [-0.25, -0.2) is 19.9 Å². The summed E-state index contributed by atoms with van der Waals surface area (Å²) >= 11 is 0. The van der Waals surface area contributed by atoms with Gasteiger partial charge in [0.1, 0.15) is 17.8 Å². The maximum atomic E-state index is 12.9. The Balaban J connectivity index is 1.73. The fourth-order valence-corrected chi connectivity index (χ4v) is 3.02. The third-order valence-electron chi connectivity index (χ3n) is 4.29. The Morgan fingerprint density at radius 2 is 2.04 bits per heavy atom. The number of nitrogens with zero attached hydrogens (tertiary/aromatic N) is 5. The van der Waals surface area contributed by atoms with Gasteiger partial charge in [0, 0.05) is 36.6 Å². The van der Waals surface area contributed by atoms with Gasteiger partial charge in [0.05, 0.1) is 0 Å². The standard InChI is InChI=1S/C17H21F3N6/c1-3-12-8-15(22-10-21-12)26-6-4-5-13(9-26)24-16-23-11(2)7-14(25-16)17(18,19)20/h7-8,10,13H,3-6,9H2,1-2H3,(H,23,24,25). The molecule has 0 saturated carbocycles. The Morgan fingerprint density at radius 3 is 2.77 bits per heavy atom. The molecule has 0 spiro atoms. The maximum Gasteiger partial charge on any atom is 0.433 e. The predicted octanol–water partition coefficient (Wildman–Crippen LogP) is 3.24. The first-order valence-corrected chi connectivity index (χ1v) is 8.60. The Hall–Kier alpha value is -2.45. The van der Waals surface area contributed by atoms with Crippen LogP contribution < -0.4 is 10.2 Å². The zero-order valence-electron chi connectivity index (χ0n) is 14.7. The Morgan fingerprint density at radius 1 is 1.23 bits per heavy atom. The molecular formula is C17H21F3N6. The highest BCUT2D eigenvalue weighted by Gasteiger charge is 2.33. The van der Waals surface area contributed by atoms with E-state index in [2.05, 4.69) is 30.2 Å². The summed E-state index contributed by atoms with van der Waals surface area (Å²) in [6.07, 6.45) is -0.380. The van der Waals surface area contributed by atoms with E-state index in [1.807, 2.05) is 13.0 Å². The molecule has 6 nitrogen and oxygen atoms in total. The number of piperidine rings is 1. The zero-order valence-corrected chi connectivity index (χ0v) is 14.7. The highest BCUT2D eigenvalue weighted by atomic mass is 19.4. The zero-order chi connectivity index (χ0) is 18.7. The Bertz CT molecular complexity index is 764. The third-order valence-corrected chi connectivity index (χ3v) is 4.29. The molecular weight excluding hydrogens is 345 g/mol. The second kappa shape index (κ2) is 7.43. The molecule has 0 radical (unpaired) electrons. The van der Waals surface area contributed by atoms with E-state index in [-0.39, 0.29) is 17.7 Å². The summed E-state index contributed by atoms with van der Waals surface area (Å²) in [7, 11) is 0. The number of rotatable bonds is 4. The highest BCUT2D eigenvalue weighted by Crippen LogP contribution is 2.29. The van der Waals surface area contributed by atoms with E-state index >= 15 is 0 Å². The molecule has 3 heterocycles. The van der Waals surface area contributed by atoms with Crippen LogP contribution >= 0.6 is 0 Å². The number of alkyl halides is 3. The van der Waals surface area contributed by atoms with E-state index in [4.69, 9.17) is 0 Å². The second-order valence-electron chi connectivity index (χ2n) is 6.37. The van der Waals surface area contributed by atoms with Crippen molar-refractivity contribution in [1.29, 1.82) is 0 Å². The molecule has 2 aromatic rings. The van der Waals surface area contributed by atoms with Crippen LogP contribution in [-0.4, -0.2) is 39.1 Å². The molecule has 0 aromatic carbocycles. The van der Waals surface area contributed by atoms with Crippen LogP contribution in [0.25, 0.3) is 0 Å². The number of nitrogens with one attached hydrogen (secondary N) is 1. The predicted molar refractivity (Wildman–Crippen MR) is 92.0 cm³/mol. The second-order valence-corrected chi connectivity index (χ2v) is 6.37. The van der Waals surface area contributed by atoms with E-state index in [1.54, 1.807) is 6.33 Å². The maximum absolute atomic E-state index is 12.9. The molecule has 1 N–H and O–H groups in total. The largest absolute Gasteiger partial charge is 0.433 e. The molecule has 3 rings (SSSR count). The van der Waals surface area contributed by atoms with Gasteiger partial charge < -0.3 is 10.2 Å². The molecule has 2 aromatic heterocycles. The summed E-state index contributed by atoms with van der Waals surface area (Å²) < 4.78 is 38.8. The van der Waals surface area contributed by atoms with Crippen LogP contribution in [0, 0.1) is 6.92 Å². The van der Waals surface area contributed by atoms with Crippen molar-refractivity contribution in [2.24, 2.45) is 0 Å². The molecule has 1 aliphatic rings. The first kappa shape index (κ1) is 18.3. The summed E-state index contributed by atoms with van der Waals surface area (Å²) in [6.45, 7) is 5.03. The van der Waals surface area contributed by atoms with Gasteiger partial charge in [-0.2, -0.15) is 13.2 Å². The molecule has 0 amide bonds. The third kappa shape index (κ3) is 4.39. The van der Waals surface area contributed by atoms with Crippen molar-refractivity contribution in [1.82, 2.24) is 19.9 Å². The van der Waals surface area contributed by atoms with Gasteiger partial charge in [-0.15, -0.1) is 0 Å². The monoisotopic (exact) mass is 366 g/mol. The number of hydrogen-bond acceptors (Lipinski definition) is 6. The summed E-state index contributed by atoms with van der Waals surface area (Å²) in [6, 6.07) is 2.85. The Labute approximate surface area is 149 Å². The molecule has 9 heteroatoms. The van der Waals surface area contributed by atoms with Crippen LogP contribution in [-0.2, 0) is 12.6 Å². The fourth-order valence-electron chi connectivity index (χ4n) is 3.02. The summed E-state index contributed by atoms with van der Waals surface area (Å²) in [5.74, 6) is 0.852. The van der Waals surface area contributed by atoms with Gasteiger partial charge in [0.15, 0.2) is 0 Å². The van der Waals surface area contributed by atoms with Crippen LogP contribution in [0.4, 0.5) is 24.9 Å². The lowest BCUT2D eigenvalue weighted by Crippen LogP contribution is -2.43. The number of aryl methyl sites for hydroxylation is 2. The van der Waals surface area contributed by atoms with Crippen LogP contribution in [0.5, 0.6) is 0 Å². The average molecular weight is 366 g/mol. The molecule has 1 fully saturated rings. The van der Waals surface area contributed by atoms with E-state index in [9.17, 15) is 13.2 Å². The topological polar surface area (TPSA) is 66.8 Å². The SMILES string of the molecule is CCc1cc(N2CCCC(Nc3nc(C)cc(C(F)(F)F)n3)C2)ncn1. The van der Waals surface area contributed by atoms with Gasteiger partial charge in [-0.3, -0.25) is 0 Å². The van der Waals surface area contributed by atoms with Gasteiger partial charge in [0.2, 0.25) is 5.95 Å². The van der Waals surface area contributed by atoms with Crippen molar-refractivity contribution in [3.05, 3.63) is 35.5 Å². The van der Waals surface area contributed by atoms with Crippen molar-refractivity contribution in [3.63, 3.8) is 0 Å². The first-order valence-electron chi connectivity index (χ1n) is 8.60. The van der Waals surface area contributed by atoms with E-state index in [0.29, 0.717) is 6.54 Å². The number of halogens is 3. The number of hydrogen-bond donors (Lipinski definition) is 1. The highest BCUT2D eigenvalue weighted by molar-refractivity contribution is 5.41. The summed E-state index contributed by atoms with van der Waals surface area (Å²) in [4.78, 5) is 18.4. The van der Waals surface area contributed by atoms with Gasteiger partial charge >= 0.3 is 6.18 Å². The van der Waals surface area contributed by atoms with Gasteiger partial charge in [-0.1, -0.05) is 6.92 Å². The molecule has 0 bridgehead atoms. The van der Waals surface area contributed by atoms with Crippen molar-refractivity contribution in [2.75, 3.05) is 23.3 Å². The minimum Gasteiger partial charge on any atom is -0.354 e. The number of aromatic nitrogens is 4. The molecule has 1 unspecified atom stereocenters. The summed E-state index contributed by atoms with van der Waals surface area (Å²) in [5, 5.41) is 3.06. The lowest BCUT2D eigenvalue weighted by molar-refractivity contribution is -0.141. The van der Waals surface area contributed by atoms with Crippen molar-refractivity contribution >= 4 is 11.8 Å². The van der Waals surface area contributed by atoms with Gasteiger partial charge in [-0.05, 0) is 32.3 Å². The van der Waals surface area contributed by atoms with Crippen molar-refractivity contribution in [3.8, 4) is 0 Å². The lowest BCUT2D eigenvalue weighted by Gasteiger charge is -2.34. The van der Waals surface area contributed by atoms with Crippen molar-refractivity contribution < 1.29 is 13.2 Å². The Kier molecular flexibility index (Phi) is 5.24. The normalized spacial score (nSPS) is 18.0. The van der Waals surface area contributed by atoms with Crippen LogP contribution in [0.1, 0.15) is 36.8 Å². The quantitative estimate of drug-likeness (QED) is 0.896. The lowest BCUT2D eigenvalue weighted by atomic mass is 10.1. The molecule has 1 atom stereocenters. The molecule has 1 saturated heterocycles. The summed E-state index contributed by atoms with van der Waals surface area (Å²) in [5.41, 5.74) is 0.316. The number of anilines is 2. The van der Waals surface area contributed by atoms with E-state index < -0.39 is 11.9 Å².